The number of hydrogen-bond acceptors (Lipinski definition) is 3. The molecule has 0 aliphatic rings. The lowest BCUT2D eigenvalue weighted by molar-refractivity contribution is 0.0981. The second-order valence-electron chi connectivity index (χ2n) is 5.31. The largest absolute Gasteiger partial charge is 0.268 e. The number of benzene rings is 3. The van der Waals surface area contributed by atoms with Crippen molar-refractivity contribution < 1.29 is 13.2 Å². The molecule has 0 saturated heterocycles. The fourth-order valence-corrected chi connectivity index (χ4v) is 3.26. The van der Waals surface area contributed by atoms with E-state index in [1.165, 1.54) is 12.1 Å². The number of carbonyl (C=O) groups is 1. The van der Waals surface area contributed by atoms with E-state index in [0.717, 1.165) is 16.3 Å². The minimum absolute atomic E-state index is 0.0669. The summed E-state index contributed by atoms with van der Waals surface area (Å²) >= 11 is 0. The molecular formula is C18H15NO3S. The predicted molar refractivity (Wildman–Crippen MR) is 89.8 cm³/mol. The summed E-state index contributed by atoms with van der Waals surface area (Å²) in [6.07, 6.45) is 0. The summed E-state index contributed by atoms with van der Waals surface area (Å²) in [4.78, 5) is 12.3. The quantitative estimate of drug-likeness (QED) is 0.804. The van der Waals surface area contributed by atoms with Gasteiger partial charge in [-0.25, -0.2) is 13.1 Å². The molecule has 0 aliphatic carbocycles. The van der Waals surface area contributed by atoms with Gasteiger partial charge in [0.2, 0.25) is 0 Å². The van der Waals surface area contributed by atoms with Crippen LogP contribution in [0.4, 0.5) is 0 Å². The van der Waals surface area contributed by atoms with Crippen LogP contribution in [0.15, 0.2) is 71.6 Å². The minimum Gasteiger partial charge on any atom is -0.268 e. The van der Waals surface area contributed by atoms with Crippen molar-refractivity contribution >= 4 is 26.7 Å². The van der Waals surface area contributed by atoms with E-state index >= 15 is 0 Å². The number of amides is 1. The summed E-state index contributed by atoms with van der Waals surface area (Å²) < 4.78 is 26.6. The maximum Gasteiger partial charge on any atom is 0.265 e. The van der Waals surface area contributed by atoms with Gasteiger partial charge in [0.25, 0.3) is 15.9 Å². The molecule has 1 amide bonds. The Labute approximate surface area is 134 Å². The molecule has 116 valence electrons. The topological polar surface area (TPSA) is 63.2 Å². The van der Waals surface area contributed by atoms with Gasteiger partial charge in [0.15, 0.2) is 0 Å². The van der Waals surface area contributed by atoms with E-state index in [1.54, 1.807) is 30.3 Å². The summed E-state index contributed by atoms with van der Waals surface area (Å²) in [6.45, 7) is 1.87. The zero-order chi connectivity index (χ0) is 16.4. The monoisotopic (exact) mass is 325 g/mol. The first kappa shape index (κ1) is 15.2. The van der Waals surface area contributed by atoms with Gasteiger partial charge >= 0.3 is 0 Å². The third kappa shape index (κ3) is 3.24. The molecule has 4 nitrogen and oxygen atoms in total. The van der Waals surface area contributed by atoms with Crippen LogP contribution in [0.5, 0.6) is 0 Å². The number of carbonyl (C=O) groups excluding carboxylic acids is 1. The van der Waals surface area contributed by atoms with Gasteiger partial charge in [-0.15, -0.1) is 0 Å². The molecule has 0 radical (unpaired) electrons. The van der Waals surface area contributed by atoms with Crippen molar-refractivity contribution in [2.24, 2.45) is 0 Å². The first-order chi connectivity index (χ1) is 11.0. The van der Waals surface area contributed by atoms with E-state index in [2.05, 4.69) is 4.72 Å². The molecule has 0 heterocycles. The SMILES string of the molecule is Cc1ccc(S(=O)(=O)NC(=O)c2ccc3ccccc3c2)cc1. The molecule has 1 N–H and O–H groups in total. The molecule has 3 aromatic rings. The summed E-state index contributed by atoms with van der Waals surface area (Å²) in [6, 6.07) is 19.0. The highest BCUT2D eigenvalue weighted by Crippen LogP contribution is 2.16. The Morgan fingerprint density at radius 2 is 1.52 bits per heavy atom. The predicted octanol–water partition coefficient (Wildman–Crippen LogP) is 3.27. The average Bonchev–Trinajstić information content (AvgIpc) is 2.54. The lowest BCUT2D eigenvalue weighted by atomic mass is 10.1. The van der Waals surface area contributed by atoms with Crippen LogP contribution in [0, 0.1) is 6.92 Å². The molecular weight excluding hydrogens is 310 g/mol. The maximum absolute atomic E-state index is 12.3. The standard InChI is InChI=1S/C18H15NO3S/c1-13-6-10-17(11-7-13)23(21,22)19-18(20)16-9-8-14-4-2-3-5-15(14)12-16/h2-12H,1H3,(H,19,20). The number of hydrogen-bond donors (Lipinski definition) is 1. The number of fused-ring (bicyclic) bond motifs is 1. The molecule has 3 aromatic carbocycles. The van der Waals surface area contributed by atoms with Gasteiger partial charge in [0.1, 0.15) is 0 Å². The third-order valence-electron chi connectivity index (χ3n) is 3.57. The molecule has 0 aromatic heterocycles. The van der Waals surface area contributed by atoms with Crippen molar-refractivity contribution in [2.45, 2.75) is 11.8 Å². The van der Waals surface area contributed by atoms with Crippen molar-refractivity contribution in [3.8, 4) is 0 Å². The van der Waals surface area contributed by atoms with Crippen LogP contribution in [0.1, 0.15) is 15.9 Å². The van der Waals surface area contributed by atoms with Crippen molar-refractivity contribution in [3.63, 3.8) is 0 Å². The van der Waals surface area contributed by atoms with Crippen LogP contribution in [-0.2, 0) is 10.0 Å². The molecule has 0 atom stereocenters. The van der Waals surface area contributed by atoms with Gasteiger partial charge in [-0.3, -0.25) is 4.79 Å². The molecule has 0 unspecified atom stereocenters. The number of rotatable bonds is 3. The highest BCUT2D eigenvalue weighted by atomic mass is 32.2. The number of sulfonamides is 1. The van der Waals surface area contributed by atoms with Gasteiger partial charge in [-0.1, -0.05) is 48.0 Å². The summed E-state index contributed by atoms with van der Waals surface area (Å²) in [5, 5.41) is 1.87. The Morgan fingerprint density at radius 1 is 0.870 bits per heavy atom. The first-order valence-corrected chi connectivity index (χ1v) is 8.57. The maximum atomic E-state index is 12.3. The molecule has 5 heteroatoms. The summed E-state index contributed by atoms with van der Waals surface area (Å²) in [7, 11) is -3.88. The highest BCUT2D eigenvalue weighted by Gasteiger charge is 2.18. The number of nitrogens with one attached hydrogen (secondary N) is 1. The van der Waals surface area contributed by atoms with Crippen LogP contribution >= 0.6 is 0 Å². The van der Waals surface area contributed by atoms with Gasteiger partial charge in [0.05, 0.1) is 4.90 Å². The normalized spacial score (nSPS) is 11.3. The fourth-order valence-electron chi connectivity index (χ4n) is 2.29. The minimum atomic E-state index is -3.88. The van der Waals surface area contributed by atoms with Gasteiger partial charge in [0, 0.05) is 5.56 Å². The van der Waals surface area contributed by atoms with Crippen molar-refractivity contribution in [1.29, 1.82) is 0 Å². The Kier molecular flexibility index (Phi) is 3.88. The highest BCUT2D eigenvalue weighted by molar-refractivity contribution is 7.90. The Morgan fingerprint density at radius 3 is 2.22 bits per heavy atom. The molecule has 0 saturated carbocycles. The van der Waals surface area contributed by atoms with E-state index in [-0.39, 0.29) is 4.90 Å². The van der Waals surface area contributed by atoms with Gasteiger partial charge in [-0.2, -0.15) is 0 Å². The van der Waals surface area contributed by atoms with Crippen LogP contribution in [-0.4, -0.2) is 14.3 Å². The molecule has 0 spiro atoms. The van der Waals surface area contributed by atoms with Crippen LogP contribution < -0.4 is 4.72 Å². The second kappa shape index (κ2) is 5.85. The van der Waals surface area contributed by atoms with Crippen molar-refractivity contribution in [3.05, 3.63) is 77.9 Å². The molecule has 0 aliphatic heterocycles. The molecule has 3 rings (SSSR count). The van der Waals surface area contributed by atoms with E-state index in [9.17, 15) is 13.2 Å². The van der Waals surface area contributed by atoms with E-state index in [0.29, 0.717) is 5.56 Å². The van der Waals surface area contributed by atoms with Crippen molar-refractivity contribution in [2.75, 3.05) is 0 Å². The first-order valence-electron chi connectivity index (χ1n) is 7.08. The molecule has 23 heavy (non-hydrogen) atoms. The van der Waals surface area contributed by atoms with E-state index in [4.69, 9.17) is 0 Å². The summed E-state index contributed by atoms with van der Waals surface area (Å²) in [5.41, 5.74) is 1.25. The van der Waals surface area contributed by atoms with Crippen LogP contribution in [0.3, 0.4) is 0 Å². The van der Waals surface area contributed by atoms with E-state index < -0.39 is 15.9 Å². The van der Waals surface area contributed by atoms with Crippen molar-refractivity contribution in [1.82, 2.24) is 4.72 Å². The lowest BCUT2D eigenvalue weighted by Gasteiger charge is -2.08. The molecule has 0 bridgehead atoms. The van der Waals surface area contributed by atoms with Crippen LogP contribution in [0.2, 0.25) is 0 Å². The van der Waals surface area contributed by atoms with E-state index in [1.807, 2.05) is 31.2 Å². The molecule has 0 fully saturated rings. The zero-order valence-electron chi connectivity index (χ0n) is 12.5. The van der Waals surface area contributed by atoms with Crippen LogP contribution in [0.25, 0.3) is 10.8 Å². The zero-order valence-corrected chi connectivity index (χ0v) is 13.3. The average molecular weight is 325 g/mol. The third-order valence-corrected chi connectivity index (χ3v) is 4.92. The Hall–Kier alpha value is -2.66. The fraction of sp³-hybridized carbons (Fsp3) is 0.0556. The van der Waals surface area contributed by atoms with Gasteiger partial charge in [-0.05, 0) is 42.0 Å². The number of aryl methyl sites for hydroxylation is 1. The lowest BCUT2D eigenvalue weighted by Crippen LogP contribution is -2.30. The summed E-state index contributed by atoms with van der Waals surface area (Å²) in [5.74, 6) is -0.642. The van der Waals surface area contributed by atoms with Gasteiger partial charge < -0.3 is 0 Å². The Balaban J connectivity index is 1.88. The smallest absolute Gasteiger partial charge is 0.265 e. The Bertz CT molecular complexity index is 977. The second-order valence-corrected chi connectivity index (χ2v) is 6.99.